The number of carbonyl (C=O) groups is 1. The molecule has 34 heavy (non-hydrogen) atoms. The van der Waals surface area contributed by atoms with Crippen LogP contribution in [0.25, 0.3) is 11.0 Å². The molecular weight excluding hydrogens is 452 g/mol. The summed E-state index contributed by atoms with van der Waals surface area (Å²) in [5, 5.41) is 3.82. The molecule has 0 spiro atoms. The Hall–Kier alpha value is -2.67. The van der Waals surface area contributed by atoms with E-state index in [0.29, 0.717) is 35.8 Å². The first-order chi connectivity index (χ1) is 16.1. The molecule has 4 rings (SSSR count). The molecule has 0 radical (unpaired) electrons. The van der Waals surface area contributed by atoms with Crippen LogP contribution in [0.5, 0.6) is 0 Å². The van der Waals surface area contributed by atoms with Gasteiger partial charge in [-0.2, -0.15) is 0 Å². The van der Waals surface area contributed by atoms with Crippen LogP contribution in [0.3, 0.4) is 0 Å². The first kappa shape index (κ1) is 24.5. The van der Waals surface area contributed by atoms with Gasteiger partial charge in [-0.25, -0.2) is 0 Å². The van der Waals surface area contributed by atoms with Gasteiger partial charge in [-0.3, -0.25) is 14.5 Å². The number of rotatable bonds is 5. The molecule has 0 saturated carbocycles. The van der Waals surface area contributed by atoms with Crippen LogP contribution < -0.4 is 10.7 Å². The van der Waals surface area contributed by atoms with Crippen molar-refractivity contribution in [1.82, 2.24) is 10.2 Å². The smallest absolute Gasteiger partial charge is 0.287 e. The maximum atomic E-state index is 13.0. The molecule has 3 aromatic rings. The zero-order chi connectivity index (χ0) is 24.5. The van der Waals surface area contributed by atoms with Gasteiger partial charge in [0.1, 0.15) is 5.58 Å². The van der Waals surface area contributed by atoms with Crippen LogP contribution in [0.15, 0.2) is 51.7 Å². The standard InChI is InChI=1S/C27H31ClN2O4/c1-17-13-24-20(14-21(17)28)23(31)15-25(34-24)26(32)29-16-22(30-9-11-33-12-10-30)18-5-7-19(8-6-18)27(2,3)4/h5-8,13-15,22H,9-12,16H2,1-4H3,(H,29,32)/t22-/m0/s1. The maximum Gasteiger partial charge on any atom is 0.287 e. The lowest BCUT2D eigenvalue weighted by Crippen LogP contribution is -2.43. The minimum absolute atomic E-state index is 0.0111. The molecule has 0 bridgehead atoms. The fraction of sp³-hybridized carbons (Fsp3) is 0.407. The zero-order valence-corrected chi connectivity index (χ0v) is 20.9. The number of amides is 1. The summed E-state index contributed by atoms with van der Waals surface area (Å²) in [4.78, 5) is 27.9. The first-order valence-corrected chi connectivity index (χ1v) is 12.0. The van der Waals surface area contributed by atoms with Crippen molar-refractivity contribution in [3.05, 3.63) is 80.2 Å². The van der Waals surface area contributed by atoms with Crippen molar-refractivity contribution < 1.29 is 13.9 Å². The Labute approximate surface area is 204 Å². The Morgan fingerprint density at radius 3 is 2.44 bits per heavy atom. The number of carbonyl (C=O) groups excluding carboxylic acids is 1. The molecule has 1 fully saturated rings. The first-order valence-electron chi connectivity index (χ1n) is 11.6. The Balaban J connectivity index is 1.57. The van der Waals surface area contributed by atoms with Crippen molar-refractivity contribution in [3.8, 4) is 0 Å². The molecule has 2 heterocycles. The van der Waals surface area contributed by atoms with Crippen molar-refractivity contribution in [3.63, 3.8) is 0 Å². The van der Waals surface area contributed by atoms with Crippen LogP contribution in [0.4, 0.5) is 0 Å². The van der Waals surface area contributed by atoms with Gasteiger partial charge in [0.15, 0.2) is 11.2 Å². The molecule has 1 aliphatic rings. The molecule has 1 N–H and O–H groups in total. The Morgan fingerprint density at radius 1 is 1.12 bits per heavy atom. The molecule has 180 valence electrons. The van der Waals surface area contributed by atoms with Crippen molar-refractivity contribution >= 4 is 28.5 Å². The largest absolute Gasteiger partial charge is 0.451 e. The Morgan fingerprint density at radius 2 is 1.79 bits per heavy atom. The SMILES string of the molecule is Cc1cc2oc(C(=O)NC[C@@H](c3ccc(C(C)(C)C)cc3)N3CCOCC3)cc(=O)c2cc1Cl. The van der Waals surface area contributed by atoms with Gasteiger partial charge in [-0.15, -0.1) is 0 Å². The number of ether oxygens (including phenoxy) is 1. The van der Waals surface area contributed by atoms with Crippen LogP contribution >= 0.6 is 11.6 Å². The molecule has 0 aliphatic carbocycles. The summed E-state index contributed by atoms with van der Waals surface area (Å²) < 4.78 is 11.3. The summed E-state index contributed by atoms with van der Waals surface area (Å²) in [7, 11) is 0. The van der Waals surface area contributed by atoms with Gasteiger partial charge in [0.05, 0.1) is 24.6 Å². The number of nitrogens with zero attached hydrogens (tertiary/aromatic N) is 1. The molecule has 1 aliphatic heterocycles. The highest BCUT2D eigenvalue weighted by molar-refractivity contribution is 6.32. The summed E-state index contributed by atoms with van der Waals surface area (Å²) in [6.45, 7) is 11.7. The number of benzene rings is 2. The fourth-order valence-corrected chi connectivity index (χ4v) is 4.38. The van der Waals surface area contributed by atoms with E-state index in [1.54, 1.807) is 12.1 Å². The van der Waals surface area contributed by atoms with E-state index in [1.807, 2.05) is 6.92 Å². The summed E-state index contributed by atoms with van der Waals surface area (Å²) in [6.07, 6.45) is 0. The van der Waals surface area contributed by atoms with Gasteiger partial charge >= 0.3 is 0 Å². The van der Waals surface area contributed by atoms with E-state index in [4.69, 9.17) is 20.8 Å². The highest BCUT2D eigenvalue weighted by Gasteiger charge is 2.25. The van der Waals surface area contributed by atoms with Gasteiger partial charge in [-0.1, -0.05) is 56.6 Å². The molecule has 2 aromatic carbocycles. The van der Waals surface area contributed by atoms with Gasteiger partial charge < -0.3 is 14.5 Å². The van der Waals surface area contributed by atoms with Gasteiger partial charge in [0, 0.05) is 30.7 Å². The number of morpholine rings is 1. The molecule has 7 heteroatoms. The molecule has 1 amide bonds. The van der Waals surface area contributed by atoms with E-state index in [1.165, 1.54) is 11.6 Å². The number of halogens is 1. The second kappa shape index (κ2) is 9.90. The third kappa shape index (κ3) is 5.35. The van der Waals surface area contributed by atoms with E-state index >= 15 is 0 Å². The fourth-order valence-electron chi connectivity index (χ4n) is 4.22. The van der Waals surface area contributed by atoms with Crippen LogP contribution in [0.2, 0.25) is 5.02 Å². The molecular formula is C27H31ClN2O4. The molecule has 1 aromatic heterocycles. The molecule has 1 saturated heterocycles. The van der Waals surface area contributed by atoms with Crippen molar-refractivity contribution in [2.24, 2.45) is 0 Å². The Kier molecular flexibility index (Phi) is 7.12. The van der Waals surface area contributed by atoms with Gasteiger partial charge in [0.25, 0.3) is 5.91 Å². The monoisotopic (exact) mass is 482 g/mol. The topological polar surface area (TPSA) is 71.8 Å². The van der Waals surface area contributed by atoms with Gasteiger partial charge in [0.2, 0.25) is 0 Å². The lowest BCUT2D eigenvalue weighted by Gasteiger charge is -2.35. The van der Waals surface area contributed by atoms with E-state index in [2.05, 4.69) is 55.3 Å². The predicted molar refractivity (Wildman–Crippen MR) is 135 cm³/mol. The summed E-state index contributed by atoms with van der Waals surface area (Å²) in [5.74, 6) is -0.431. The van der Waals surface area contributed by atoms with E-state index < -0.39 is 5.91 Å². The highest BCUT2D eigenvalue weighted by Crippen LogP contribution is 2.27. The minimum atomic E-state index is -0.420. The lowest BCUT2D eigenvalue weighted by atomic mass is 9.86. The van der Waals surface area contributed by atoms with Crippen LogP contribution in [0, 0.1) is 6.92 Å². The van der Waals surface area contributed by atoms with Crippen molar-refractivity contribution in [1.29, 1.82) is 0 Å². The Bertz CT molecular complexity index is 1240. The zero-order valence-electron chi connectivity index (χ0n) is 20.1. The number of aryl methyl sites for hydroxylation is 1. The van der Waals surface area contributed by atoms with Gasteiger partial charge in [-0.05, 0) is 41.2 Å². The predicted octanol–water partition coefficient (Wildman–Crippen LogP) is 4.86. The normalized spacial score (nSPS) is 15.9. The second-order valence-electron chi connectivity index (χ2n) is 9.82. The number of hydrogen-bond acceptors (Lipinski definition) is 5. The number of fused-ring (bicyclic) bond motifs is 1. The summed E-state index contributed by atoms with van der Waals surface area (Å²) in [6, 6.07) is 13.0. The molecule has 0 unspecified atom stereocenters. The summed E-state index contributed by atoms with van der Waals surface area (Å²) >= 11 is 6.14. The molecule has 1 atom stereocenters. The quantitative estimate of drug-likeness (QED) is 0.562. The van der Waals surface area contributed by atoms with Crippen molar-refractivity contribution in [2.45, 2.75) is 39.2 Å². The number of hydrogen-bond donors (Lipinski definition) is 1. The van der Waals surface area contributed by atoms with Crippen LogP contribution in [-0.2, 0) is 10.2 Å². The van der Waals surface area contributed by atoms with E-state index in [9.17, 15) is 9.59 Å². The highest BCUT2D eigenvalue weighted by atomic mass is 35.5. The third-order valence-electron chi connectivity index (χ3n) is 6.34. The summed E-state index contributed by atoms with van der Waals surface area (Å²) in [5.41, 5.74) is 3.28. The average molecular weight is 483 g/mol. The lowest BCUT2D eigenvalue weighted by molar-refractivity contribution is 0.0161. The maximum absolute atomic E-state index is 13.0. The second-order valence-corrected chi connectivity index (χ2v) is 10.2. The van der Waals surface area contributed by atoms with Crippen LogP contribution in [0.1, 0.15) is 54.1 Å². The third-order valence-corrected chi connectivity index (χ3v) is 6.74. The van der Waals surface area contributed by atoms with E-state index in [-0.39, 0.29) is 22.6 Å². The molecule has 6 nitrogen and oxygen atoms in total. The van der Waals surface area contributed by atoms with E-state index in [0.717, 1.165) is 24.2 Å². The number of nitrogens with one attached hydrogen (secondary N) is 1. The average Bonchev–Trinajstić information content (AvgIpc) is 2.81. The van der Waals surface area contributed by atoms with Crippen molar-refractivity contribution in [2.75, 3.05) is 32.8 Å². The van der Waals surface area contributed by atoms with Crippen LogP contribution in [-0.4, -0.2) is 43.7 Å². The minimum Gasteiger partial charge on any atom is -0.451 e.